The van der Waals surface area contributed by atoms with Gasteiger partial charge in [-0.15, -0.1) is 0 Å². The summed E-state index contributed by atoms with van der Waals surface area (Å²) in [5.74, 6) is 0. The molecule has 2 aromatic rings. The Morgan fingerprint density at radius 2 is 0.950 bits per heavy atom. The standard InChI is InChI=1S/C20H24/c1-19(2,3)17-11-7-9-15(13-17)16-10-8-12-18(14-16)20(4,5)6/h7-12H,1-6H3. The molecule has 0 heterocycles. The third-order valence-corrected chi connectivity index (χ3v) is 3.50. The van der Waals surface area contributed by atoms with Gasteiger partial charge in [0, 0.05) is 0 Å². The molecule has 0 aliphatic carbocycles. The van der Waals surface area contributed by atoms with Gasteiger partial charge >= 0.3 is 0 Å². The molecular formula is C20H24. The summed E-state index contributed by atoms with van der Waals surface area (Å²) in [4.78, 5) is 0. The fourth-order valence-corrected chi connectivity index (χ4v) is 2.13. The molecule has 0 aliphatic rings. The smallest absolute Gasteiger partial charge is 0.00585 e. The molecule has 0 spiro atoms. The van der Waals surface area contributed by atoms with Crippen LogP contribution >= 0.6 is 0 Å². The maximum absolute atomic E-state index is 3.55. The van der Waals surface area contributed by atoms with Crippen molar-refractivity contribution in [2.75, 3.05) is 0 Å². The zero-order chi connectivity index (χ0) is 15.0. The van der Waals surface area contributed by atoms with Gasteiger partial charge in [-0.3, -0.25) is 0 Å². The molecule has 0 saturated heterocycles. The minimum Gasteiger partial charge on any atom is -0.0613 e. The minimum absolute atomic E-state index is 0.123. The minimum atomic E-state index is 0.123. The van der Waals surface area contributed by atoms with Crippen LogP contribution in [0.5, 0.6) is 0 Å². The molecule has 0 aliphatic heterocycles. The van der Waals surface area contributed by atoms with Gasteiger partial charge in [0.2, 0.25) is 0 Å². The molecule has 0 bridgehead atoms. The Hall–Kier alpha value is -1.56. The molecule has 0 N–H and O–H groups in total. The van der Waals surface area contributed by atoms with Gasteiger partial charge in [-0.1, -0.05) is 77.9 Å². The average Bonchev–Trinajstić information content (AvgIpc) is 2.37. The van der Waals surface area contributed by atoms with E-state index in [4.69, 9.17) is 0 Å². The molecule has 0 unspecified atom stereocenters. The maximum Gasteiger partial charge on any atom is -0.00585 e. The van der Waals surface area contributed by atoms with Crippen LogP contribution < -0.4 is 0 Å². The predicted molar refractivity (Wildman–Crippen MR) is 87.0 cm³/mol. The van der Waals surface area contributed by atoms with E-state index in [2.05, 4.69) is 90.1 Å². The topological polar surface area (TPSA) is 0 Å². The van der Waals surface area contributed by atoms with Gasteiger partial charge in [-0.25, -0.2) is 0 Å². The molecule has 0 heteroatoms. The molecule has 2 aromatic carbocycles. The van der Waals surface area contributed by atoms with E-state index >= 15 is 0 Å². The van der Waals surface area contributed by atoms with E-state index < -0.39 is 0 Å². The summed E-state index contributed by atoms with van der Waals surface area (Å²) >= 11 is 0. The highest BCUT2D eigenvalue weighted by Crippen LogP contribution is 2.29. The zero-order valence-electron chi connectivity index (χ0n) is 13.5. The number of benzene rings is 2. The Kier molecular flexibility index (Phi) is 3.77. The lowest BCUT2D eigenvalue weighted by atomic mass is 9.83. The molecule has 20 heavy (non-hydrogen) atoms. The van der Waals surface area contributed by atoms with Crippen LogP contribution in [0.15, 0.2) is 36.4 Å². The Balaban J connectivity index is 2.47. The lowest BCUT2D eigenvalue weighted by Crippen LogP contribution is -2.12. The molecular weight excluding hydrogens is 240 g/mol. The lowest BCUT2D eigenvalue weighted by Gasteiger charge is -2.21. The van der Waals surface area contributed by atoms with E-state index in [0.29, 0.717) is 0 Å². The first-order valence-corrected chi connectivity index (χ1v) is 7.24. The molecule has 0 amide bonds. The first kappa shape index (κ1) is 14.8. The number of hydrogen-bond donors (Lipinski definition) is 0. The third-order valence-electron chi connectivity index (χ3n) is 3.50. The number of rotatable bonds is 1. The van der Waals surface area contributed by atoms with Crippen LogP contribution in [-0.2, 0) is 10.8 Å². The monoisotopic (exact) mass is 264 g/mol. The Morgan fingerprint density at radius 1 is 0.600 bits per heavy atom. The second-order valence-electron chi connectivity index (χ2n) is 7.46. The summed E-state index contributed by atoms with van der Waals surface area (Å²) in [6.45, 7) is 13.3. The van der Waals surface area contributed by atoms with E-state index in [0.717, 1.165) is 11.1 Å². The van der Waals surface area contributed by atoms with E-state index in [1.165, 1.54) is 11.1 Å². The van der Waals surface area contributed by atoms with Crippen molar-refractivity contribution in [3.05, 3.63) is 59.7 Å². The summed E-state index contributed by atoms with van der Waals surface area (Å²) in [6, 6.07) is 19.9. The number of hydrogen-bond acceptors (Lipinski definition) is 0. The van der Waals surface area contributed by atoms with Crippen molar-refractivity contribution in [1.29, 1.82) is 0 Å². The molecule has 2 rings (SSSR count). The highest BCUT2D eigenvalue weighted by molar-refractivity contribution is 5.64. The van der Waals surface area contributed by atoms with Crippen LogP contribution in [0.25, 0.3) is 11.1 Å². The zero-order valence-corrected chi connectivity index (χ0v) is 13.5. The van der Waals surface area contributed by atoms with Crippen LogP contribution in [0.4, 0.5) is 0 Å². The van der Waals surface area contributed by atoms with Gasteiger partial charge < -0.3 is 0 Å². The molecule has 0 fully saturated rings. The quantitative estimate of drug-likeness (QED) is 0.633. The van der Waals surface area contributed by atoms with E-state index in [1.807, 2.05) is 0 Å². The summed E-state index contributed by atoms with van der Waals surface area (Å²) < 4.78 is 0. The fraction of sp³-hybridized carbons (Fsp3) is 0.400. The van der Waals surface area contributed by atoms with Gasteiger partial charge in [0.1, 0.15) is 0 Å². The molecule has 0 atom stereocenters. The summed E-state index contributed by atoms with van der Waals surface area (Å²) in [7, 11) is 0. The Morgan fingerprint density at radius 3 is 1.25 bits per heavy atom. The van der Waals surface area contributed by atoms with Gasteiger partial charge in [0.25, 0.3) is 0 Å². The van der Waals surface area contributed by atoms with Crippen molar-refractivity contribution in [3.63, 3.8) is 0 Å². The van der Waals surface area contributed by atoms with Crippen LogP contribution in [0.2, 0.25) is 0 Å². The Labute approximate surface area is 123 Å². The first-order valence-electron chi connectivity index (χ1n) is 7.24. The molecule has 104 valence electrons. The van der Waals surface area contributed by atoms with Gasteiger partial charge in [-0.05, 0) is 45.2 Å². The second kappa shape index (κ2) is 5.09. The highest BCUT2D eigenvalue weighted by atomic mass is 14.2. The SMILES string of the molecule is CC(C)(C)c1[c]c(-c2[c]c(C(C)(C)C)ccc2)ccc1. The summed E-state index contributed by atoms with van der Waals surface area (Å²) in [6.07, 6.45) is 0. The Bertz CT molecular complexity index is 536. The molecule has 0 nitrogen and oxygen atoms in total. The lowest BCUT2D eigenvalue weighted by molar-refractivity contribution is 0.588. The normalized spacial score (nSPS) is 12.5. The fourth-order valence-electron chi connectivity index (χ4n) is 2.13. The highest BCUT2D eigenvalue weighted by Gasteiger charge is 2.16. The van der Waals surface area contributed by atoms with E-state index in [1.54, 1.807) is 0 Å². The van der Waals surface area contributed by atoms with Crippen LogP contribution in [0, 0.1) is 12.1 Å². The predicted octanol–water partition coefficient (Wildman–Crippen LogP) is 5.55. The summed E-state index contributed by atoms with van der Waals surface area (Å²) in [5.41, 5.74) is 4.98. The largest absolute Gasteiger partial charge is 0.0613 e. The third kappa shape index (κ3) is 3.30. The van der Waals surface area contributed by atoms with Crippen molar-refractivity contribution in [3.8, 4) is 11.1 Å². The first-order chi connectivity index (χ1) is 9.18. The molecule has 0 aromatic heterocycles. The van der Waals surface area contributed by atoms with Crippen LogP contribution in [0.1, 0.15) is 52.7 Å². The van der Waals surface area contributed by atoms with Gasteiger partial charge in [0.05, 0.1) is 0 Å². The van der Waals surface area contributed by atoms with Crippen molar-refractivity contribution in [2.24, 2.45) is 0 Å². The van der Waals surface area contributed by atoms with E-state index in [-0.39, 0.29) is 10.8 Å². The molecule has 0 saturated carbocycles. The van der Waals surface area contributed by atoms with Crippen LogP contribution in [0.3, 0.4) is 0 Å². The van der Waals surface area contributed by atoms with Gasteiger partial charge in [-0.2, -0.15) is 0 Å². The van der Waals surface area contributed by atoms with Gasteiger partial charge in [0.15, 0.2) is 0 Å². The van der Waals surface area contributed by atoms with Crippen molar-refractivity contribution in [2.45, 2.75) is 52.4 Å². The van der Waals surface area contributed by atoms with E-state index in [9.17, 15) is 0 Å². The summed E-state index contributed by atoms with van der Waals surface area (Å²) in [5, 5.41) is 0. The average molecular weight is 264 g/mol. The maximum atomic E-state index is 3.55. The van der Waals surface area contributed by atoms with Crippen molar-refractivity contribution in [1.82, 2.24) is 0 Å². The molecule has 2 radical (unpaired) electrons. The van der Waals surface area contributed by atoms with Crippen LogP contribution in [-0.4, -0.2) is 0 Å². The second-order valence-corrected chi connectivity index (χ2v) is 7.46. The van der Waals surface area contributed by atoms with Crippen molar-refractivity contribution < 1.29 is 0 Å². The van der Waals surface area contributed by atoms with Crippen molar-refractivity contribution >= 4 is 0 Å².